The molecule has 16 heavy (non-hydrogen) atoms. The summed E-state index contributed by atoms with van der Waals surface area (Å²) in [5.74, 6) is 0. The Morgan fingerprint density at radius 2 is 2.00 bits per heavy atom. The van der Waals surface area contributed by atoms with Crippen molar-refractivity contribution in [3.8, 4) is 0 Å². The summed E-state index contributed by atoms with van der Waals surface area (Å²) in [4.78, 5) is 2.37. The molecule has 0 spiro atoms. The number of likely N-dealkylation sites (N-methyl/N-ethyl adjacent to an activating group) is 1. The van der Waals surface area contributed by atoms with E-state index in [4.69, 9.17) is 4.74 Å². The van der Waals surface area contributed by atoms with Crippen molar-refractivity contribution in [2.24, 2.45) is 0 Å². The molecule has 0 aromatic heterocycles. The molecule has 0 aliphatic rings. The van der Waals surface area contributed by atoms with E-state index in [0.717, 1.165) is 32.7 Å². The van der Waals surface area contributed by atoms with Gasteiger partial charge in [0.1, 0.15) is 0 Å². The summed E-state index contributed by atoms with van der Waals surface area (Å²) >= 11 is 0. The molecular formula is C13H30N2O. The van der Waals surface area contributed by atoms with Crippen LogP contribution >= 0.6 is 0 Å². The van der Waals surface area contributed by atoms with E-state index in [0.29, 0.717) is 6.04 Å². The lowest BCUT2D eigenvalue weighted by Gasteiger charge is -2.20. The Morgan fingerprint density at radius 1 is 1.25 bits per heavy atom. The van der Waals surface area contributed by atoms with Crippen LogP contribution < -0.4 is 5.32 Å². The molecule has 1 atom stereocenters. The predicted molar refractivity (Wildman–Crippen MR) is 71.0 cm³/mol. The maximum absolute atomic E-state index is 5.04. The minimum Gasteiger partial charge on any atom is -0.385 e. The molecular weight excluding hydrogens is 200 g/mol. The smallest absolute Gasteiger partial charge is 0.0474 e. The number of rotatable bonds is 11. The Labute approximate surface area is 102 Å². The molecule has 1 unspecified atom stereocenters. The molecule has 0 rings (SSSR count). The van der Waals surface area contributed by atoms with E-state index in [1.54, 1.807) is 7.11 Å². The highest BCUT2D eigenvalue weighted by Gasteiger charge is 2.04. The third-order valence-electron chi connectivity index (χ3n) is 2.94. The van der Waals surface area contributed by atoms with E-state index in [-0.39, 0.29) is 0 Å². The average molecular weight is 230 g/mol. The largest absolute Gasteiger partial charge is 0.385 e. The van der Waals surface area contributed by atoms with Gasteiger partial charge < -0.3 is 15.0 Å². The van der Waals surface area contributed by atoms with Crippen LogP contribution in [0.5, 0.6) is 0 Å². The molecule has 0 aliphatic carbocycles. The highest BCUT2D eigenvalue weighted by molar-refractivity contribution is 4.65. The van der Waals surface area contributed by atoms with Gasteiger partial charge in [0.05, 0.1) is 0 Å². The maximum Gasteiger partial charge on any atom is 0.0474 e. The number of nitrogens with zero attached hydrogens (tertiary/aromatic N) is 1. The van der Waals surface area contributed by atoms with Crippen molar-refractivity contribution >= 4 is 0 Å². The van der Waals surface area contributed by atoms with Gasteiger partial charge in [-0.2, -0.15) is 0 Å². The number of ether oxygens (including phenoxy) is 1. The second-order valence-corrected chi connectivity index (χ2v) is 4.50. The van der Waals surface area contributed by atoms with Crippen LogP contribution in [0.1, 0.15) is 39.5 Å². The van der Waals surface area contributed by atoms with Gasteiger partial charge in [-0.15, -0.1) is 0 Å². The van der Waals surface area contributed by atoms with Gasteiger partial charge in [0.25, 0.3) is 0 Å². The van der Waals surface area contributed by atoms with Crippen molar-refractivity contribution < 1.29 is 4.74 Å². The van der Waals surface area contributed by atoms with Crippen LogP contribution in [0, 0.1) is 0 Å². The van der Waals surface area contributed by atoms with Crippen LogP contribution in [0.25, 0.3) is 0 Å². The summed E-state index contributed by atoms with van der Waals surface area (Å²) < 4.78 is 5.04. The molecule has 0 heterocycles. The lowest BCUT2D eigenvalue weighted by molar-refractivity contribution is 0.179. The average Bonchev–Trinajstić information content (AvgIpc) is 2.28. The predicted octanol–water partition coefficient (Wildman–Crippen LogP) is 2.12. The fraction of sp³-hybridized carbons (Fsp3) is 1.00. The first-order chi connectivity index (χ1) is 7.74. The van der Waals surface area contributed by atoms with Gasteiger partial charge in [0, 0.05) is 39.4 Å². The van der Waals surface area contributed by atoms with E-state index in [1.165, 1.54) is 19.3 Å². The molecule has 0 amide bonds. The fourth-order valence-corrected chi connectivity index (χ4v) is 1.85. The number of nitrogens with one attached hydrogen (secondary N) is 1. The van der Waals surface area contributed by atoms with Gasteiger partial charge in [0.15, 0.2) is 0 Å². The second kappa shape index (κ2) is 11.4. The van der Waals surface area contributed by atoms with Gasteiger partial charge in [-0.25, -0.2) is 0 Å². The third-order valence-corrected chi connectivity index (χ3v) is 2.94. The SMILES string of the molecule is CCCC(CC)NCCN(C)CCCOC. The molecule has 0 aliphatic heterocycles. The quantitative estimate of drug-likeness (QED) is 0.550. The number of hydrogen-bond acceptors (Lipinski definition) is 3. The molecule has 3 heteroatoms. The van der Waals surface area contributed by atoms with Crippen LogP contribution in [-0.2, 0) is 4.74 Å². The molecule has 1 N–H and O–H groups in total. The number of methoxy groups -OCH3 is 1. The molecule has 98 valence electrons. The highest BCUT2D eigenvalue weighted by atomic mass is 16.5. The van der Waals surface area contributed by atoms with Gasteiger partial charge in [-0.1, -0.05) is 20.3 Å². The Morgan fingerprint density at radius 3 is 2.56 bits per heavy atom. The summed E-state index contributed by atoms with van der Waals surface area (Å²) in [6.07, 6.45) is 4.93. The van der Waals surface area contributed by atoms with Crippen LogP contribution in [0.15, 0.2) is 0 Å². The van der Waals surface area contributed by atoms with Gasteiger partial charge in [-0.3, -0.25) is 0 Å². The van der Waals surface area contributed by atoms with Crippen LogP contribution in [0.2, 0.25) is 0 Å². The van der Waals surface area contributed by atoms with E-state index in [1.807, 2.05) is 0 Å². The summed E-state index contributed by atoms with van der Waals surface area (Å²) in [5, 5.41) is 3.62. The first-order valence-electron chi connectivity index (χ1n) is 6.65. The normalized spacial score (nSPS) is 13.3. The fourth-order valence-electron chi connectivity index (χ4n) is 1.85. The van der Waals surface area contributed by atoms with Gasteiger partial charge >= 0.3 is 0 Å². The lowest BCUT2D eigenvalue weighted by atomic mass is 10.1. The van der Waals surface area contributed by atoms with Gasteiger partial charge in [-0.05, 0) is 26.3 Å². The van der Waals surface area contributed by atoms with Crippen molar-refractivity contribution in [3.63, 3.8) is 0 Å². The zero-order chi connectivity index (χ0) is 12.2. The Kier molecular flexibility index (Phi) is 11.3. The van der Waals surface area contributed by atoms with Crippen molar-refractivity contribution in [1.29, 1.82) is 0 Å². The van der Waals surface area contributed by atoms with E-state index in [9.17, 15) is 0 Å². The van der Waals surface area contributed by atoms with Crippen molar-refractivity contribution in [1.82, 2.24) is 10.2 Å². The minimum absolute atomic E-state index is 0.706. The zero-order valence-corrected chi connectivity index (χ0v) is 11.6. The second-order valence-electron chi connectivity index (χ2n) is 4.50. The summed E-state index contributed by atoms with van der Waals surface area (Å²) in [5.41, 5.74) is 0. The van der Waals surface area contributed by atoms with E-state index in [2.05, 4.69) is 31.1 Å². The minimum atomic E-state index is 0.706. The highest BCUT2D eigenvalue weighted by Crippen LogP contribution is 2.00. The van der Waals surface area contributed by atoms with E-state index < -0.39 is 0 Å². The molecule has 0 fully saturated rings. The Bertz CT molecular complexity index is 142. The van der Waals surface area contributed by atoms with Crippen molar-refractivity contribution in [3.05, 3.63) is 0 Å². The molecule has 0 radical (unpaired) electrons. The molecule has 0 aromatic rings. The monoisotopic (exact) mass is 230 g/mol. The van der Waals surface area contributed by atoms with Crippen LogP contribution in [0.3, 0.4) is 0 Å². The molecule has 0 saturated carbocycles. The third kappa shape index (κ3) is 9.13. The number of hydrogen-bond donors (Lipinski definition) is 1. The van der Waals surface area contributed by atoms with Crippen molar-refractivity contribution in [2.75, 3.05) is 40.4 Å². The van der Waals surface area contributed by atoms with Crippen LogP contribution in [0.4, 0.5) is 0 Å². The van der Waals surface area contributed by atoms with Gasteiger partial charge in [0.2, 0.25) is 0 Å². The molecule has 0 saturated heterocycles. The first kappa shape index (κ1) is 15.9. The molecule has 0 aromatic carbocycles. The van der Waals surface area contributed by atoms with Crippen LogP contribution in [-0.4, -0.2) is 51.3 Å². The standard InChI is InChI=1S/C13H30N2O/c1-5-8-13(6-2)14-9-11-15(3)10-7-12-16-4/h13-14H,5-12H2,1-4H3. The first-order valence-corrected chi connectivity index (χ1v) is 6.65. The summed E-state index contributed by atoms with van der Waals surface area (Å²) in [7, 11) is 3.94. The lowest BCUT2D eigenvalue weighted by Crippen LogP contribution is -2.36. The Balaban J connectivity index is 3.40. The maximum atomic E-state index is 5.04. The summed E-state index contributed by atoms with van der Waals surface area (Å²) in [6, 6.07) is 0.706. The van der Waals surface area contributed by atoms with Crippen molar-refractivity contribution in [2.45, 2.75) is 45.6 Å². The van der Waals surface area contributed by atoms with E-state index >= 15 is 0 Å². The topological polar surface area (TPSA) is 24.5 Å². The molecule has 0 bridgehead atoms. The molecule has 3 nitrogen and oxygen atoms in total. The zero-order valence-electron chi connectivity index (χ0n) is 11.6. The Hall–Kier alpha value is -0.120. The summed E-state index contributed by atoms with van der Waals surface area (Å²) in [6.45, 7) is 8.73.